The summed E-state index contributed by atoms with van der Waals surface area (Å²) >= 11 is 0. The summed E-state index contributed by atoms with van der Waals surface area (Å²) in [5.41, 5.74) is 2.75. The third kappa shape index (κ3) is 2.97. The molecule has 2 atom stereocenters. The highest BCUT2D eigenvalue weighted by molar-refractivity contribution is 5.88. The van der Waals surface area contributed by atoms with E-state index in [0.717, 1.165) is 32.4 Å². The number of nitrogens with zero attached hydrogens (tertiary/aromatic N) is 1. The number of benzene rings is 2. The van der Waals surface area contributed by atoms with E-state index in [1.807, 2.05) is 0 Å². The molecule has 112 valence electrons. The molecule has 1 aliphatic rings. The Kier molecular flexibility index (Phi) is 4.27. The predicted molar refractivity (Wildman–Crippen MR) is 88.4 cm³/mol. The molecule has 1 aliphatic heterocycles. The monoisotopic (exact) mass is 283 g/mol. The van der Waals surface area contributed by atoms with E-state index in [-0.39, 0.29) is 6.10 Å². The summed E-state index contributed by atoms with van der Waals surface area (Å²) in [4.78, 5) is 2.55. The second-order valence-corrected chi connectivity index (χ2v) is 6.30. The van der Waals surface area contributed by atoms with Gasteiger partial charge >= 0.3 is 0 Å². The van der Waals surface area contributed by atoms with Crippen LogP contribution >= 0.6 is 0 Å². The number of likely N-dealkylation sites (tertiary alicyclic amines) is 1. The first-order valence-corrected chi connectivity index (χ1v) is 8.08. The molecule has 0 amide bonds. The van der Waals surface area contributed by atoms with E-state index in [2.05, 4.69) is 55.1 Å². The number of fused-ring (bicyclic) bond motifs is 1. The van der Waals surface area contributed by atoms with Crippen molar-refractivity contribution in [3.05, 3.63) is 47.5 Å². The van der Waals surface area contributed by atoms with Crippen molar-refractivity contribution in [1.29, 1.82) is 0 Å². The average Bonchev–Trinajstić information content (AvgIpc) is 2.52. The maximum Gasteiger partial charge on any atom is 0.0567 e. The van der Waals surface area contributed by atoms with Crippen LogP contribution in [0.15, 0.2) is 36.4 Å². The quantitative estimate of drug-likeness (QED) is 0.924. The van der Waals surface area contributed by atoms with Crippen LogP contribution in [-0.2, 0) is 6.54 Å². The molecule has 2 aromatic rings. The van der Waals surface area contributed by atoms with Crippen LogP contribution in [0.25, 0.3) is 10.8 Å². The maximum absolute atomic E-state index is 9.88. The molecule has 0 saturated carbocycles. The normalized spacial score (nSPS) is 23.6. The SMILES string of the molecule is CC[C@H]1C[C@@H](O)CCN1Cc1ccc(C)c2ccccc12. The molecule has 0 aromatic heterocycles. The molecular formula is C19H25NO. The standard InChI is InChI=1S/C19H25NO/c1-3-16-12-17(21)10-11-20(16)13-15-9-8-14(2)18-6-4-5-7-19(15)18/h4-9,16-17,21H,3,10-13H2,1-2H3/t16-,17-/m0/s1. The first-order valence-electron chi connectivity index (χ1n) is 8.08. The molecule has 2 heteroatoms. The van der Waals surface area contributed by atoms with Crippen LogP contribution in [0.1, 0.15) is 37.3 Å². The Morgan fingerprint density at radius 3 is 2.67 bits per heavy atom. The van der Waals surface area contributed by atoms with Crippen molar-refractivity contribution in [3.63, 3.8) is 0 Å². The highest BCUT2D eigenvalue weighted by Gasteiger charge is 2.26. The van der Waals surface area contributed by atoms with Crippen molar-refractivity contribution in [2.45, 2.75) is 51.8 Å². The van der Waals surface area contributed by atoms with Gasteiger partial charge in [-0.25, -0.2) is 0 Å². The van der Waals surface area contributed by atoms with E-state index in [0.29, 0.717) is 6.04 Å². The molecular weight excluding hydrogens is 258 g/mol. The van der Waals surface area contributed by atoms with Gasteiger partial charge in [-0.05, 0) is 48.1 Å². The van der Waals surface area contributed by atoms with Crippen LogP contribution in [0.3, 0.4) is 0 Å². The number of aliphatic hydroxyl groups is 1. The first kappa shape index (κ1) is 14.6. The number of hydrogen-bond acceptors (Lipinski definition) is 2. The Morgan fingerprint density at radius 1 is 1.14 bits per heavy atom. The smallest absolute Gasteiger partial charge is 0.0567 e. The van der Waals surface area contributed by atoms with Crippen LogP contribution in [0, 0.1) is 6.92 Å². The molecule has 1 saturated heterocycles. The molecule has 0 radical (unpaired) electrons. The summed E-state index contributed by atoms with van der Waals surface area (Å²) in [6, 6.07) is 13.7. The van der Waals surface area contributed by atoms with Gasteiger partial charge in [-0.2, -0.15) is 0 Å². The van der Waals surface area contributed by atoms with E-state index in [4.69, 9.17) is 0 Å². The number of hydrogen-bond donors (Lipinski definition) is 1. The lowest BCUT2D eigenvalue weighted by Crippen LogP contribution is -2.43. The third-order valence-electron chi connectivity index (χ3n) is 4.89. The zero-order valence-corrected chi connectivity index (χ0v) is 13.0. The van der Waals surface area contributed by atoms with E-state index in [1.54, 1.807) is 0 Å². The van der Waals surface area contributed by atoms with E-state index >= 15 is 0 Å². The average molecular weight is 283 g/mol. The van der Waals surface area contributed by atoms with E-state index < -0.39 is 0 Å². The molecule has 2 aromatic carbocycles. The second-order valence-electron chi connectivity index (χ2n) is 6.30. The van der Waals surface area contributed by atoms with Crippen molar-refractivity contribution in [2.75, 3.05) is 6.54 Å². The highest BCUT2D eigenvalue weighted by Crippen LogP contribution is 2.27. The van der Waals surface area contributed by atoms with Crippen molar-refractivity contribution in [3.8, 4) is 0 Å². The topological polar surface area (TPSA) is 23.5 Å². The molecule has 2 nitrogen and oxygen atoms in total. The van der Waals surface area contributed by atoms with Gasteiger partial charge in [0.05, 0.1) is 6.10 Å². The Balaban J connectivity index is 1.89. The minimum Gasteiger partial charge on any atom is -0.393 e. The summed E-state index contributed by atoms with van der Waals surface area (Å²) in [6.45, 7) is 6.40. The molecule has 0 bridgehead atoms. The van der Waals surface area contributed by atoms with Crippen LogP contribution in [0.2, 0.25) is 0 Å². The molecule has 0 unspecified atom stereocenters. The van der Waals surface area contributed by atoms with Crippen molar-refractivity contribution in [1.82, 2.24) is 4.90 Å². The Hall–Kier alpha value is -1.38. The number of aliphatic hydroxyl groups excluding tert-OH is 1. The van der Waals surface area contributed by atoms with Crippen LogP contribution in [-0.4, -0.2) is 28.7 Å². The van der Waals surface area contributed by atoms with Gasteiger partial charge in [0.1, 0.15) is 0 Å². The summed E-state index contributed by atoms with van der Waals surface area (Å²) in [5, 5.41) is 12.6. The van der Waals surface area contributed by atoms with Gasteiger partial charge in [-0.3, -0.25) is 4.90 Å². The fourth-order valence-corrected chi connectivity index (χ4v) is 3.58. The molecule has 3 rings (SSSR count). The highest BCUT2D eigenvalue weighted by atomic mass is 16.3. The zero-order chi connectivity index (χ0) is 14.8. The molecule has 0 spiro atoms. The van der Waals surface area contributed by atoms with E-state index in [9.17, 15) is 5.11 Å². The number of aryl methyl sites for hydroxylation is 1. The van der Waals surface area contributed by atoms with Gasteiger partial charge in [0.2, 0.25) is 0 Å². The first-order chi connectivity index (χ1) is 10.2. The molecule has 1 fully saturated rings. The van der Waals surface area contributed by atoms with Crippen molar-refractivity contribution >= 4 is 10.8 Å². The molecule has 21 heavy (non-hydrogen) atoms. The Labute approximate surface area is 127 Å². The lowest BCUT2D eigenvalue weighted by molar-refractivity contribution is 0.0358. The van der Waals surface area contributed by atoms with Crippen molar-refractivity contribution in [2.24, 2.45) is 0 Å². The summed E-state index contributed by atoms with van der Waals surface area (Å²) in [6.07, 6.45) is 2.82. The van der Waals surface area contributed by atoms with Gasteiger partial charge < -0.3 is 5.11 Å². The number of rotatable bonds is 3. The molecule has 1 heterocycles. The van der Waals surface area contributed by atoms with Gasteiger partial charge in [0, 0.05) is 19.1 Å². The van der Waals surface area contributed by atoms with Gasteiger partial charge in [0.25, 0.3) is 0 Å². The molecule has 1 N–H and O–H groups in total. The van der Waals surface area contributed by atoms with Gasteiger partial charge in [-0.15, -0.1) is 0 Å². The summed E-state index contributed by atoms with van der Waals surface area (Å²) < 4.78 is 0. The minimum atomic E-state index is -0.110. The van der Waals surface area contributed by atoms with Gasteiger partial charge in [-0.1, -0.05) is 43.3 Å². The van der Waals surface area contributed by atoms with Crippen molar-refractivity contribution < 1.29 is 5.11 Å². The van der Waals surface area contributed by atoms with Crippen LogP contribution in [0.4, 0.5) is 0 Å². The van der Waals surface area contributed by atoms with E-state index in [1.165, 1.54) is 21.9 Å². The van der Waals surface area contributed by atoms with Crippen LogP contribution < -0.4 is 0 Å². The Morgan fingerprint density at radius 2 is 1.90 bits per heavy atom. The molecule has 0 aliphatic carbocycles. The predicted octanol–water partition coefficient (Wildman–Crippen LogP) is 3.88. The third-order valence-corrected chi connectivity index (χ3v) is 4.89. The summed E-state index contributed by atoms with van der Waals surface area (Å²) in [7, 11) is 0. The zero-order valence-electron chi connectivity index (χ0n) is 13.0. The lowest BCUT2D eigenvalue weighted by Gasteiger charge is -2.37. The minimum absolute atomic E-state index is 0.110. The summed E-state index contributed by atoms with van der Waals surface area (Å²) in [5.74, 6) is 0. The fourth-order valence-electron chi connectivity index (χ4n) is 3.58. The van der Waals surface area contributed by atoms with Crippen LogP contribution in [0.5, 0.6) is 0 Å². The second kappa shape index (κ2) is 6.17. The fraction of sp³-hybridized carbons (Fsp3) is 0.474. The lowest BCUT2D eigenvalue weighted by atomic mass is 9.95. The van der Waals surface area contributed by atoms with Gasteiger partial charge in [0.15, 0.2) is 0 Å². The maximum atomic E-state index is 9.88. The number of piperidine rings is 1. The Bertz CT molecular complexity index is 622. The largest absolute Gasteiger partial charge is 0.393 e.